The molecule has 2 N–H and O–H groups in total. The second-order valence-electron chi connectivity index (χ2n) is 4.18. The van der Waals surface area contributed by atoms with E-state index < -0.39 is 10.0 Å². The molecule has 2 aromatic rings. The first-order valence-electron chi connectivity index (χ1n) is 5.93. The lowest BCUT2D eigenvalue weighted by Crippen LogP contribution is -2.36. The number of hydrogen-bond donors (Lipinski definition) is 2. The van der Waals surface area contributed by atoms with Gasteiger partial charge in [-0.3, -0.25) is 0 Å². The Morgan fingerprint density at radius 3 is 2.53 bits per heavy atom. The van der Waals surface area contributed by atoms with Crippen LogP contribution in [-0.4, -0.2) is 8.42 Å². The zero-order valence-corrected chi connectivity index (χ0v) is 11.7. The van der Waals surface area contributed by atoms with Crippen molar-refractivity contribution in [2.75, 3.05) is 0 Å². The summed E-state index contributed by atoms with van der Waals surface area (Å²) >= 11 is 0. The van der Waals surface area contributed by atoms with E-state index in [1.165, 1.54) is 0 Å². The van der Waals surface area contributed by atoms with Gasteiger partial charge in [-0.15, -0.1) is 4.83 Å². The van der Waals surface area contributed by atoms with Crippen LogP contribution in [0.25, 0.3) is 10.8 Å². The van der Waals surface area contributed by atoms with E-state index >= 15 is 0 Å². The SMILES string of the molecule is CC=C(C)NNS(=O)(=O)c1cccc2ccccc12. The van der Waals surface area contributed by atoms with Crippen LogP contribution in [0.2, 0.25) is 0 Å². The van der Waals surface area contributed by atoms with Gasteiger partial charge in [0.1, 0.15) is 0 Å². The van der Waals surface area contributed by atoms with Gasteiger partial charge < -0.3 is 5.43 Å². The third-order valence-corrected chi connectivity index (χ3v) is 4.16. The van der Waals surface area contributed by atoms with Crippen molar-refractivity contribution in [1.29, 1.82) is 0 Å². The summed E-state index contributed by atoms with van der Waals surface area (Å²) in [6.45, 7) is 3.61. The Balaban J connectivity index is 2.43. The van der Waals surface area contributed by atoms with Crippen LogP contribution in [0, 0.1) is 0 Å². The molecule has 4 nitrogen and oxygen atoms in total. The van der Waals surface area contributed by atoms with Crippen molar-refractivity contribution in [2.45, 2.75) is 18.7 Å². The lowest BCUT2D eigenvalue weighted by Gasteiger charge is -2.11. The van der Waals surface area contributed by atoms with Crippen LogP contribution >= 0.6 is 0 Å². The molecule has 0 saturated carbocycles. The quantitative estimate of drug-likeness (QED) is 0.844. The average molecular weight is 276 g/mol. The molecule has 2 aromatic carbocycles. The molecule has 0 radical (unpaired) electrons. The van der Waals surface area contributed by atoms with E-state index in [1.54, 1.807) is 31.2 Å². The summed E-state index contributed by atoms with van der Waals surface area (Å²) in [5.74, 6) is 0. The average Bonchev–Trinajstić information content (AvgIpc) is 2.44. The molecule has 0 fully saturated rings. The topological polar surface area (TPSA) is 58.2 Å². The van der Waals surface area contributed by atoms with E-state index in [1.807, 2.05) is 31.2 Å². The summed E-state index contributed by atoms with van der Waals surface area (Å²) in [5, 5.41) is 1.60. The number of fused-ring (bicyclic) bond motifs is 1. The van der Waals surface area contributed by atoms with Crippen LogP contribution in [0.5, 0.6) is 0 Å². The molecule has 0 atom stereocenters. The fourth-order valence-electron chi connectivity index (χ4n) is 1.70. The first kappa shape index (κ1) is 13.6. The van der Waals surface area contributed by atoms with Gasteiger partial charge in [0.25, 0.3) is 10.0 Å². The molecule has 0 aliphatic rings. The third-order valence-electron chi connectivity index (χ3n) is 2.85. The molecule has 0 unspecified atom stereocenters. The van der Waals surface area contributed by atoms with Crippen molar-refractivity contribution < 1.29 is 8.42 Å². The number of sulfonamides is 1. The van der Waals surface area contributed by atoms with Gasteiger partial charge in [0.2, 0.25) is 0 Å². The lowest BCUT2D eigenvalue weighted by molar-refractivity contribution is 0.571. The van der Waals surface area contributed by atoms with Gasteiger partial charge in [-0.25, -0.2) is 8.42 Å². The summed E-state index contributed by atoms with van der Waals surface area (Å²) in [7, 11) is -3.59. The second kappa shape index (κ2) is 5.42. The third kappa shape index (κ3) is 2.94. The summed E-state index contributed by atoms with van der Waals surface area (Å²) in [5.41, 5.74) is 3.40. The molecule has 0 aliphatic heterocycles. The molecule has 19 heavy (non-hydrogen) atoms. The van der Waals surface area contributed by atoms with Crippen LogP contribution in [0.4, 0.5) is 0 Å². The smallest absolute Gasteiger partial charge is 0.257 e. The number of hydrazine groups is 1. The molecular formula is C14H16N2O2S. The normalized spacial score (nSPS) is 12.6. The number of rotatable bonds is 4. The Morgan fingerprint density at radius 1 is 1.11 bits per heavy atom. The Kier molecular flexibility index (Phi) is 3.87. The highest BCUT2D eigenvalue weighted by molar-refractivity contribution is 7.89. The zero-order valence-electron chi connectivity index (χ0n) is 10.8. The minimum absolute atomic E-state index is 0.266. The van der Waals surface area contributed by atoms with E-state index in [9.17, 15) is 8.42 Å². The Labute approximate surface area is 113 Å². The molecule has 2 rings (SSSR count). The maximum atomic E-state index is 12.3. The Hall–Kier alpha value is -1.85. The zero-order chi connectivity index (χ0) is 13.9. The van der Waals surface area contributed by atoms with Crippen molar-refractivity contribution >= 4 is 20.8 Å². The largest absolute Gasteiger partial charge is 0.313 e. The van der Waals surface area contributed by atoms with Crippen molar-refractivity contribution in [2.24, 2.45) is 0 Å². The fourth-order valence-corrected chi connectivity index (χ4v) is 2.84. The lowest BCUT2D eigenvalue weighted by atomic mass is 10.1. The molecule has 0 spiro atoms. The first-order chi connectivity index (χ1) is 9.04. The molecule has 0 aliphatic carbocycles. The van der Waals surface area contributed by atoms with E-state index in [4.69, 9.17) is 0 Å². The summed E-state index contributed by atoms with van der Waals surface area (Å²) < 4.78 is 24.5. The first-order valence-corrected chi connectivity index (χ1v) is 7.41. The highest BCUT2D eigenvalue weighted by atomic mass is 32.2. The predicted octanol–water partition coefficient (Wildman–Crippen LogP) is 2.55. The van der Waals surface area contributed by atoms with Gasteiger partial charge in [-0.2, -0.15) is 0 Å². The van der Waals surface area contributed by atoms with Crippen molar-refractivity contribution in [3.63, 3.8) is 0 Å². The number of hydrogen-bond acceptors (Lipinski definition) is 3. The fraction of sp³-hybridized carbons (Fsp3) is 0.143. The van der Waals surface area contributed by atoms with Gasteiger partial charge in [0.15, 0.2) is 0 Å². The molecule has 0 bridgehead atoms. The van der Waals surface area contributed by atoms with Crippen LogP contribution in [-0.2, 0) is 10.0 Å². The van der Waals surface area contributed by atoms with E-state index in [2.05, 4.69) is 10.3 Å². The van der Waals surface area contributed by atoms with E-state index in [0.717, 1.165) is 11.1 Å². The summed E-state index contributed by atoms with van der Waals surface area (Å²) in [6.07, 6.45) is 1.78. The van der Waals surface area contributed by atoms with Crippen LogP contribution < -0.4 is 10.3 Å². The molecule has 0 heterocycles. The van der Waals surface area contributed by atoms with E-state index in [-0.39, 0.29) is 4.90 Å². The molecule has 0 aromatic heterocycles. The molecule has 5 heteroatoms. The van der Waals surface area contributed by atoms with Gasteiger partial charge in [-0.05, 0) is 25.3 Å². The Morgan fingerprint density at radius 2 is 1.79 bits per heavy atom. The maximum Gasteiger partial charge on any atom is 0.257 e. The number of benzene rings is 2. The van der Waals surface area contributed by atoms with Crippen LogP contribution in [0.3, 0.4) is 0 Å². The molecule has 0 amide bonds. The minimum Gasteiger partial charge on any atom is -0.313 e. The van der Waals surface area contributed by atoms with Crippen molar-refractivity contribution in [3.8, 4) is 0 Å². The second-order valence-corrected chi connectivity index (χ2v) is 5.83. The van der Waals surface area contributed by atoms with Crippen LogP contribution in [0.15, 0.2) is 59.1 Å². The van der Waals surface area contributed by atoms with E-state index in [0.29, 0.717) is 5.39 Å². The minimum atomic E-state index is -3.59. The highest BCUT2D eigenvalue weighted by Crippen LogP contribution is 2.22. The van der Waals surface area contributed by atoms with Crippen LogP contribution in [0.1, 0.15) is 13.8 Å². The summed E-state index contributed by atoms with van der Waals surface area (Å²) in [6, 6.07) is 12.6. The predicted molar refractivity (Wildman–Crippen MR) is 76.8 cm³/mol. The maximum absolute atomic E-state index is 12.3. The Bertz CT molecular complexity index is 716. The molecule has 100 valence electrons. The van der Waals surface area contributed by atoms with Gasteiger partial charge in [0.05, 0.1) is 4.90 Å². The monoisotopic (exact) mass is 276 g/mol. The van der Waals surface area contributed by atoms with Gasteiger partial charge in [-0.1, -0.05) is 42.5 Å². The number of nitrogens with one attached hydrogen (secondary N) is 2. The van der Waals surface area contributed by atoms with Gasteiger partial charge in [0, 0.05) is 11.1 Å². The highest BCUT2D eigenvalue weighted by Gasteiger charge is 2.16. The van der Waals surface area contributed by atoms with Crippen molar-refractivity contribution in [1.82, 2.24) is 10.3 Å². The van der Waals surface area contributed by atoms with Gasteiger partial charge >= 0.3 is 0 Å². The molecular weight excluding hydrogens is 260 g/mol. The number of allylic oxidation sites excluding steroid dienone is 2. The summed E-state index contributed by atoms with van der Waals surface area (Å²) in [4.78, 5) is 2.64. The van der Waals surface area contributed by atoms with Crippen molar-refractivity contribution in [3.05, 3.63) is 54.2 Å². The molecule has 0 saturated heterocycles. The standard InChI is InChI=1S/C14H16N2O2S/c1-3-11(2)15-16-19(17,18)14-10-6-8-12-7-4-5-9-13(12)14/h3-10,15-16H,1-2H3.